The molecule has 1 unspecified atom stereocenters. The van der Waals surface area contributed by atoms with Crippen molar-refractivity contribution in [3.63, 3.8) is 0 Å². The Kier molecular flexibility index (Phi) is 18.5. The van der Waals surface area contributed by atoms with E-state index in [-0.39, 0.29) is 5.97 Å². The summed E-state index contributed by atoms with van der Waals surface area (Å²) >= 11 is 0. The maximum absolute atomic E-state index is 11.7. The summed E-state index contributed by atoms with van der Waals surface area (Å²) in [5, 5.41) is 0. The van der Waals surface area contributed by atoms with Gasteiger partial charge in [-0.15, -0.1) is 0 Å². The molecular formula is C25H52O2Si. The molecule has 0 aliphatic carbocycles. The maximum Gasteiger partial charge on any atom is 0.292 e. The average molecular weight is 413 g/mol. The van der Waals surface area contributed by atoms with Gasteiger partial charge >= 0.3 is 0 Å². The molecule has 2 nitrogen and oxygen atoms in total. The van der Waals surface area contributed by atoms with E-state index < -0.39 is 8.32 Å². The van der Waals surface area contributed by atoms with Gasteiger partial charge in [0.2, 0.25) is 8.32 Å². The van der Waals surface area contributed by atoms with Gasteiger partial charge in [-0.25, -0.2) is 0 Å². The first kappa shape index (κ1) is 27.7. The third-order valence-electron chi connectivity index (χ3n) is 5.55. The molecule has 0 saturated carbocycles. The van der Waals surface area contributed by atoms with Gasteiger partial charge in [0.1, 0.15) is 0 Å². The fraction of sp³-hybridized carbons (Fsp3) is 0.960. The van der Waals surface area contributed by atoms with Crippen molar-refractivity contribution < 1.29 is 9.22 Å². The first-order valence-corrected chi connectivity index (χ1v) is 16.0. The highest BCUT2D eigenvalue weighted by Gasteiger charge is 2.19. The van der Waals surface area contributed by atoms with Crippen LogP contribution in [0.15, 0.2) is 0 Å². The zero-order valence-electron chi connectivity index (χ0n) is 20.1. The minimum Gasteiger partial charge on any atom is -0.520 e. The topological polar surface area (TPSA) is 26.3 Å². The molecule has 168 valence electrons. The smallest absolute Gasteiger partial charge is 0.292 e. The first-order chi connectivity index (χ1) is 13.3. The molecule has 0 saturated heterocycles. The Morgan fingerprint density at radius 3 is 1.50 bits per heavy atom. The standard InChI is InChI=1S/C25H52O2Si/c1-6-7-8-15-18-21-24(2)22-19-16-13-11-9-10-12-14-17-20-23-25(26)27-28(3,4)5/h24H,6-23H2,1-5H3. The monoisotopic (exact) mass is 412 g/mol. The van der Waals surface area contributed by atoms with E-state index in [2.05, 4.69) is 33.5 Å². The normalized spacial score (nSPS) is 12.9. The molecule has 0 aliphatic rings. The molecule has 0 aliphatic heterocycles. The van der Waals surface area contributed by atoms with Gasteiger partial charge in [-0.1, -0.05) is 117 Å². The summed E-state index contributed by atoms with van der Waals surface area (Å²) in [5.41, 5.74) is 0. The number of hydrogen-bond donors (Lipinski definition) is 0. The molecule has 0 bridgehead atoms. The van der Waals surface area contributed by atoms with Gasteiger partial charge in [-0.3, -0.25) is 4.79 Å². The summed E-state index contributed by atoms with van der Waals surface area (Å²) in [6.07, 6.45) is 23.8. The van der Waals surface area contributed by atoms with E-state index in [4.69, 9.17) is 4.43 Å². The van der Waals surface area contributed by atoms with Crippen molar-refractivity contribution in [2.24, 2.45) is 5.92 Å². The number of carbonyl (C=O) groups excluding carboxylic acids is 1. The van der Waals surface area contributed by atoms with Crippen molar-refractivity contribution >= 4 is 14.3 Å². The molecule has 0 N–H and O–H groups in total. The molecule has 0 aromatic carbocycles. The summed E-state index contributed by atoms with van der Waals surface area (Å²) in [4.78, 5) is 11.7. The lowest BCUT2D eigenvalue weighted by Gasteiger charge is -2.17. The fourth-order valence-electron chi connectivity index (χ4n) is 3.81. The highest BCUT2D eigenvalue weighted by Crippen LogP contribution is 2.18. The zero-order valence-corrected chi connectivity index (χ0v) is 21.1. The second-order valence-corrected chi connectivity index (χ2v) is 14.4. The summed E-state index contributed by atoms with van der Waals surface area (Å²) < 4.78 is 5.48. The Hall–Kier alpha value is -0.313. The molecule has 0 spiro atoms. The largest absolute Gasteiger partial charge is 0.520 e. The highest BCUT2D eigenvalue weighted by molar-refractivity contribution is 6.71. The van der Waals surface area contributed by atoms with Gasteiger partial charge in [0.15, 0.2) is 0 Å². The Morgan fingerprint density at radius 2 is 1.07 bits per heavy atom. The Bertz CT molecular complexity index is 349. The summed E-state index contributed by atoms with van der Waals surface area (Å²) in [5.74, 6) is 0.953. The molecule has 0 aromatic rings. The first-order valence-electron chi connectivity index (χ1n) is 12.6. The van der Waals surface area contributed by atoms with Crippen molar-refractivity contribution in [2.75, 3.05) is 0 Å². The van der Waals surface area contributed by atoms with Crippen LogP contribution in [0.3, 0.4) is 0 Å². The van der Waals surface area contributed by atoms with Crippen molar-refractivity contribution in [1.29, 1.82) is 0 Å². The van der Waals surface area contributed by atoms with E-state index in [9.17, 15) is 4.79 Å². The molecule has 0 fully saturated rings. The molecule has 1 atom stereocenters. The van der Waals surface area contributed by atoms with Gasteiger partial charge in [0.05, 0.1) is 0 Å². The quantitative estimate of drug-likeness (QED) is 0.147. The van der Waals surface area contributed by atoms with Crippen molar-refractivity contribution in [3.8, 4) is 0 Å². The van der Waals surface area contributed by atoms with Crippen LogP contribution in [0.25, 0.3) is 0 Å². The number of unbranched alkanes of at least 4 members (excludes halogenated alkanes) is 13. The van der Waals surface area contributed by atoms with Crippen LogP contribution in [-0.2, 0) is 9.22 Å². The van der Waals surface area contributed by atoms with E-state index in [0.717, 1.165) is 12.3 Å². The molecule has 0 radical (unpaired) electrons. The van der Waals surface area contributed by atoms with E-state index in [1.54, 1.807) is 0 Å². The summed E-state index contributed by atoms with van der Waals surface area (Å²) in [6.45, 7) is 11.0. The minimum atomic E-state index is -1.69. The third kappa shape index (κ3) is 22.0. The van der Waals surface area contributed by atoms with Crippen LogP contribution in [0.5, 0.6) is 0 Å². The van der Waals surface area contributed by atoms with Gasteiger partial charge < -0.3 is 4.43 Å². The van der Waals surface area contributed by atoms with E-state index in [1.165, 1.54) is 103 Å². The number of carbonyl (C=O) groups is 1. The van der Waals surface area contributed by atoms with Gasteiger partial charge in [0.25, 0.3) is 5.97 Å². The maximum atomic E-state index is 11.7. The van der Waals surface area contributed by atoms with Gasteiger partial charge in [-0.05, 0) is 32.0 Å². The minimum absolute atomic E-state index is 0.0185. The van der Waals surface area contributed by atoms with Crippen LogP contribution in [0.1, 0.15) is 129 Å². The predicted octanol–water partition coefficient (Wildman–Crippen LogP) is 9.04. The third-order valence-corrected chi connectivity index (χ3v) is 6.39. The molecule has 0 amide bonds. The molecule has 0 rings (SSSR count). The van der Waals surface area contributed by atoms with Crippen molar-refractivity contribution in [1.82, 2.24) is 0 Å². The Morgan fingerprint density at radius 1 is 0.679 bits per heavy atom. The fourth-order valence-corrected chi connectivity index (χ4v) is 4.59. The zero-order chi connectivity index (χ0) is 21.1. The molecular weight excluding hydrogens is 360 g/mol. The van der Waals surface area contributed by atoms with Crippen molar-refractivity contribution in [3.05, 3.63) is 0 Å². The van der Waals surface area contributed by atoms with E-state index in [0.29, 0.717) is 6.42 Å². The second-order valence-electron chi connectivity index (χ2n) is 9.97. The van der Waals surface area contributed by atoms with Crippen LogP contribution < -0.4 is 0 Å². The Balaban J connectivity index is 3.24. The van der Waals surface area contributed by atoms with Gasteiger partial charge in [0, 0.05) is 6.42 Å². The highest BCUT2D eigenvalue weighted by atomic mass is 28.4. The molecule has 3 heteroatoms. The van der Waals surface area contributed by atoms with Crippen LogP contribution in [0.4, 0.5) is 0 Å². The van der Waals surface area contributed by atoms with E-state index >= 15 is 0 Å². The molecule has 0 aromatic heterocycles. The lowest BCUT2D eigenvalue weighted by atomic mass is 9.96. The van der Waals surface area contributed by atoms with Gasteiger partial charge in [-0.2, -0.15) is 0 Å². The Labute approximate surface area is 178 Å². The SMILES string of the molecule is CCCCCCCC(C)CCCCCCCCCCCCC(=O)O[Si](C)(C)C. The summed E-state index contributed by atoms with van der Waals surface area (Å²) in [6, 6.07) is 0. The van der Waals surface area contributed by atoms with E-state index in [1.807, 2.05) is 0 Å². The average Bonchev–Trinajstić information content (AvgIpc) is 2.61. The lowest BCUT2D eigenvalue weighted by Crippen LogP contribution is -2.28. The van der Waals surface area contributed by atoms with Crippen LogP contribution >= 0.6 is 0 Å². The van der Waals surface area contributed by atoms with Crippen molar-refractivity contribution in [2.45, 2.75) is 149 Å². The van der Waals surface area contributed by atoms with Crippen LogP contribution in [0.2, 0.25) is 19.6 Å². The lowest BCUT2D eigenvalue weighted by molar-refractivity contribution is -0.135. The second kappa shape index (κ2) is 18.7. The number of hydrogen-bond acceptors (Lipinski definition) is 2. The molecule has 28 heavy (non-hydrogen) atoms. The number of rotatable bonds is 20. The van der Waals surface area contributed by atoms with Crippen LogP contribution in [0, 0.1) is 5.92 Å². The predicted molar refractivity (Wildman–Crippen MR) is 127 cm³/mol. The molecule has 0 heterocycles. The summed E-state index contributed by atoms with van der Waals surface area (Å²) in [7, 11) is -1.69. The van der Waals surface area contributed by atoms with Crippen LogP contribution in [-0.4, -0.2) is 14.3 Å².